The molecule has 21 heavy (non-hydrogen) atoms. The Labute approximate surface area is 129 Å². The number of amides is 1. The number of sulfonamides is 1. The largest absolute Gasteiger partial charge is 0.289 e. The van der Waals surface area contributed by atoms with Gasteiger partial charge in [0.05, 0.1) is 11.4 Å². The van der Waals surface area contributed by atoms with Gasteiger partial charge in [0.1, 0.15) is 0 Å². The molecule has 0 unspecified atom stereocenters. The lowest BCUT2D eigenvalue weighted by molar-refractivity contribution is -0.129. The molecule has 0 bridgehead atoms. The van der Waals surface area contributed by atoms with E-state index >= 15 is 0 Å². The Morgan fingerprint density at radius 1 is 1.29 bits per heavy atom. The summed E-state index contributed by atoms with van der Waals surface area (Å²) in [5.41, 5.74) is 1.45. The summed E-state index contributed by atoms with van der Waals surface area (Å²) in [4.78, 5) is 11.4. The number of hydrogen-bond acceptors (Lipinski definition) is 4. The fourth-order valence-corrected chi connectivity index (χ4v) is 3.33. The minimum Gasteiger partial charge on any atom is -0.289 e. The van der Waals surface area contributed by atoms with Gasteiger partial charge in [-0.1, -0.05) is 31.4 Å². The van der Waals surface area contributed by atoms with Crippen LogP contribution in [0.25, 0.3) is 0 Å². The molecule has 0 aliphatic heterocycles. The Morgan fingerprint density at radius 2 is 1.90 bits per heavy atom. The third-order valence-electron chi connectivity index (χ3n) is 2.91. The predicted octanol–water partition coefficient (Wildman–Crippen LogP) is 2.03. The number of hydrogen-bond donors (Lipinski definition) is 2. The standard InChI is InChI=1S/C13H19ClN2O4S/c1-2-3-4-9-16(10-13(17)15-18)21(19,20)12-7-5-11(14)6-8-12/h5-8,18H,2-4,9-10H2,1H3,(H,15,17). The molecule has 0 saturated carbocycles. The number of benzene rings is 1. The van der Waals surface area contributed by atoms with Crippen molar-refractivity contribution < 1.29 is 18.4 Å². The number of rotatable bonds is 8. The van der Waals surface area contributed by atoms with Gasteiger partial charge in [0.2, 0.25) is 10.0 Å². The molecule has 8 heteroatoms. The Kier molecular flexibility index (Phi) is 7.10. The maximum Gasteiger partial charge on any atom is 0.258 e. The molecule has 2 N–H and O–H groups in total. The predicted molar refractivity (Wildman–Crippen MR) is 79.7 cm³/mol. The third-order valence-corrected chi connectivity index (χ3v) is 5.02. The van der Waals surface area contributed by atoms with Crippen LogP contribution in [-0.2, 0) is 14.8 Å². The van der Waals surface area contributed by atoms with Gasteiger partial charge < -0.3 is 0 Å². The number of unbranched alkanes of at least 4 members (excludes halogenated alkanes) is 2. The van der Waals surface area contributed by atoms with Gasteiger partial charge in [-0.3, -0.25) is 10.0 Å². The van der Waals surface area contributed by atoms with Crippen LogP contribution >= 0.6 is 11.6 Å². The van der Waals surface area contributed by atoms with Crippen LogP contribution in [-0.4, -0.2) is 36.9 Å². The maximum atomic E-state index is 12.5. The number of carbonyl (C=O) groups is 1. The van der Waals surface area contributed by atoms with E-state index in [-0.39, 0.29) is 11.4 Å². The summed E-state index contributed by atoms with van der Waals surface area (Å²) in [5, 5.41) is 9.02. The molecule has 1 amide bonds. The summed E-state index contributed by atoms with van der Waals surface area (Å²) >= 11 is 5.74. The zero-order chi connectivity index (χ0) is 15.9. The first kappa shape index (κ1) is 17.9. The molecule has 0 heterocycles. The van der Waals surface area contributed by atoms with Crippen molar-refractivity contribution in [3.05, 3.63) is 29.3 Å². The summed E-state index contributed by atoms with van der Waals surface area (Å²) in [6, 6.07) is 5.73. The van der Waals surface area contributed by atoms with Crippen molar-refractivity contribution in [3.8, 4) is 0 Å². The van der Waals surface area contributed by atoms with Crippen molar-refractivity contribution >= 4 is 27.5 Å². The molecular weight excluding hydrogens is 316 g/mol. The molecule has 0 spiro atoms. The van der Waals surface area contributed by atoms with Gasteiger partial charge in [0.25, 0.3) is 5.91 Å². The Bertz CT molecular complexity index is 560. The molecule has 118 valence electrons. The first-order chi connectivity index (χ1) is 9.91. The van der Waals surface area contributed by atoms with Gasteiger partial charge in [-0.2, -0.15) is 4.31 Å². The Morgan fingerprint density at radius 3 is 2.43 bits per heavy atom. The molecule has 0 radical (unpaired) electrons. The van der Waals surface area contributed by atoms with Crippen LogP contribution in [0.4, 0.5) is 0 Å². The van der Waals surface area contributed by atoms with Crippen LogP contribution in [0, 0.1) is 0 Å². The maximum absolute atomic E-state index is 12.5. The third kappa shape index (κ3) is 5.28. The smallest absolute Gasteiger partial charge is 0.258 e. The Hall–Kier alpha value is -1.15. The van der Waals surface area contributed by atoms with Crippen molar-refractivity contribution in [2.75, 3.05) is 13.1 Å². The zero-order valence-corrected chi connectivity index (χ0v) is 13.3. The van der Waals surface area contributed by atoms with Crippen molar-refractivity contribution in [3.63, 3.8) is 0 Å². The monoisotopic (exact) mass is 334 g/mol. The van der Waals surface area contributed by atoms with Crippen LogP contribution in [0.1, 0.15) is 26.2 Å². The molecular formula is C13H19ClN2O4S. The summed E-state index contributed by atoms with van der Waals surface area (Å²) < 4.78 is 26.1. The van der Waals surface area contributed by atoms with Crippen LogP contribution < -0.4 is 5.48 Å². The van der Waals surface area contributed by atoms with E-state index in [4.69, 9.17) is 16.8 Å². The van der Waals surface area contributed by atoms with E-state index in [9.17, 15) is 13.2 Å². The number of nitrogens with one attached hydrogen (secondary N) is 1. The molecule has 0 aliphatic carbocycles. The van der Waals surface area contributed by atoms with Gasteiger partial charge in [-0.25, -0.2) is 13.9 Å². The molecule has 1 aromatic carbocycles. The number of halogens is 1. The molecule has 6 nitrogen and oxygen atoms in total. The summed E-state index contributed by atoms with van der Waals surface area (Å²) in [5.74, 6) is -0.774. The van der Waals surface area contributed by atoms with E-state index in [0.29, 0.717) is 11.4 Å². The fourth-order valence-electron chi connectivity index (χ4n) is 1.77. The summed E-state index contributed by atoms with van der Waals surface area (Å²) in [6.45, 7) is 1.79. The van der Waals surface area contributed by atoms with Crippen LogP contribution in [0.2, 0.25) is 5.02 Å². The van der Waals surface area contributed by atoms with Gasteiger partial charge in [-0.05, 0) is 30.7 Å². The minimum atomic E-state index is -3.80. The lowest BCUT2D eigenvalue weighted by Gasteiger charge is -2.21. The van der Waals surface area contributed by atoms with E-state index in [0.717, 1.165) is 17.1 Å². The molecule has 0 saturated heterocycles. The first-order valence-corrected chi connectivity index (χ1v) is 8.42. The van der Waals surface area contributed by atoms with E-state index < -0.39 is 22.5 Å². The second-order valence-electron chi connectivity index (χ2n) is 4.53. The zero-order valence-electron chi connectivity index (χ0n) is 11.8. The molecule has 1 rings (SSSR count). The number of carbonyl (C=O) groups excluding carboxylic acids is 1. The first-order valence-electron chi connectivity index (χ1n) is 6.60. The van der Waals surface area contributed by atoms with Crippen LogP contribution in [0.3, 0.4) is 0 Å². The van der Waals surface area contributed by atoms with E-state index in [1.165, 1.54) is 29.7 Å². The highest BCUT2D eigenvalue weighted by Crippen LogP contribution is 2.19. The SMILES string of the molecule is CCCCCN(CC(=O)NO)S(=O)(=O)c1ccc(Cl)cc1. The van der Waals surface area contributed by atoms with Crippen LogP contribution in [0.15, 0.2) is 29.2 Å². The molecule has 0 fully saturated rings. The van der Waals surface area contributed by atoms with Gasteiger partial charge in [0, 0.05) is 11.6 Å². The average Bonchev–Trinajstić information content (AvgIpc) is 2.46. The van der Waals surface area contributed by atoms with Crippen molar-refractivity contribution in [1.82, 2.24) is 9.79 Å². The van der Waals surface area contributed by atoms with Crippen LogP contribution in [0.5, 0.6) is 0 Å². The average molecular weight is 335 g/mol. The molecule has 1 aromatic rings. The fraction of sp³-hybridized carbons (Fsp3) is 0.462. The minimum absolute atomic E-state index is 0.0640. The summed E-state index contributed by atoms with van der Waals surface area (Å²) in [6.07, 6.45) is 2.43. The highest BCUT2D eigenvalue weighted by atomic mass is 35.5. The normalized spacial score (nSPS) is 11.6. The van der Waals surface area contributed by atoms with Gasteiger partial charge in [-0.15, -0.1) is 0 Å². The quantitative estimate of drug-likeness (QED) is 0.432. The second kappa shape index (κ2) is 8.33. The van der Waals surface area contributed by atoms with Crippen molar-refractivity contribution in [2.24, 2.45) is 0 Å². The molecule has 0 aromatic heterocycles. The highest BCUT2D eigenvalue weighted by Gasteiger charge is 2.26. The number of hydroxylamine groups is 1. The van der Waals surface area contributed by atoms with Gasteiger partial charge >= 0.3 is 0 Å². The lowest BCUT2D eigenvalue weighted by Crippen LogP contribution is -2.40. The van der Waals surface area contributed by atoms with Crippen molar-refractivity contribution in [1.29, 1.82) is 0 Å². The molecule has 0 aliphatic rings. The molecule has 0 atom stereocenters. The van der Waals surface area contributed by atoms with Crippen molar-refractivity contribution in [2.45, 2.75) is 31.1 Å². The van der Waals surface area contributed by atoms with E-state index in [1.54, 1.807) is 0 Å². The van der Waals surface area contributed by atoms with Gasteiger partial charge in [0.15, 0.2) is 0 Å². The number of nitrogens with zero attached hydrogens (tertiary/aromatic N) is 1. The van der Waals surface area contributed by atoms with E-state index in [2.05, 4.69) is 0 Å². The second-order valence-corrected chi connectivity index (χ2v) is 6.91. The lowest BCUT2D eigenvalue weighted by atomic mass is 10.2. The highest BCUT2D eigenvalue weighted by molar-refractivity contribution is 7.89. The van der Waals surface area contributed by atoms with E-state index in [1.807, 2.05) is 6.92 Å². The Balaban J connectivity index is 2.98. The topological polar surface area (TPSA) is 86.7 Å². The summed E-state index contributed by atoms with van der Waals surface area (Å²) in [7, 11) is -3.80.